The highest BCUT2D eigenvalue weighted by Gasteiger charge is 2.07. The van der Waals surface area contributed by atoms with Crippen molar-refractivity contribution in [1.29, 1.82) is 0 Å². The summed E-state index contributed by atoms with van der Waals surface area (Å²) in [6.07, 6.45) is 3.86. The molecule has 7 nitrogen and oxygen atoms in total. The molecule has 23 heavy (non-hydrogen) atoms. The second-order valence-electron chi connectivity index (χ2n) is 5.11. The Morgan fingerprint density at radius 2 is 2.04 bits per heavy atom. The summed E-state index contributed by atoms with van der Waals surface area (Å²) < 4.78 is 4.67. The van der Waals surface area contributed by atoms with Gasteiger partial charge in [-0.1, -0.05) is 13.3 Å². The van der Waals surface area contributed by atoms with Crippen molar-refractivity contribution in [2.45, 2.75) is 19.8 Å². The molecule has 0 radical (unpaired) electrons. The molecule has 0 spiro atoms. The zero-order valence-electron chi connectivity index (χ0n) is 13.6. The highest BCUT2D eigenvalue weighted by atomic mass is 16.5. The predicted octanol–water partition coefficient (Wildman–Crippen LogP) is 2.64. The Hall–Kier alpha value is -2.70. The molecule has 0 unspecified atom stereocenters. The summed E-state index contributed by atoms with van der Waals surface area (Å²) in [6.45, 7) is 3.07. The lowest BCUT2D eigenvalue weighted by molar-refractivity contribution is 0.0601. The fourth-order valence-electron chi connectivity index (χ4n) is 1.98. The van der Waals surface area contributed by atoms with Crippen molar-refractivity contribution < 1.29 is 9.53 Å². The molecule has 1 N–H and O–H groups in total. The van der Waals surface area contributed by atoms with Gasteiger partial charge in [-0.05, 0) is 30.7 Å². The number of hydrogen-bond donors (Lipinski definition) is 1. The van der Waals surface area contributed by atoms with E-state index in [9.17, 15) is 4.79 Å². The first kappa shape index (κ1) is 16.7. The zero-order valence-corrected chi connectivity index (χ0v) is 13.6. The lowest BCUT2D eigenvalue weighted by Crippen LogP contribution is -2.20. The monoisotopic (exact) mass is 315 g/mol. The second kappa shape index (κ2) is 8.07. The number of anilines is 3. The molecule has 0 bridgehead atoms. The number of benzene rings is 1. The van der Waals surface area contributed by atoms with Crippen molar-refractivity contribution in [1.82, 2.24) is 15.2 Å². The fraction of sp³-hybridized carbons (Fsp3) is 0.375. The number of hydrogen-bond acceptors (Lipinski definition) is 7. The van der Waals surface area contributed by atoms with Gasteiger partial charge in [0, 0.05) is 19.3 Å². The molecular formula is C16H21N5O2. The van der Waals surface area contributed by atoms with Crippen molar-refractivity contribution in [3.63, 3.8) is 0 Å². The number of carbonyl (C=O) groups excluding carboxylic acids is 1. The van der Waals surface area contributed by atoms with E-state index in [0.717, 1.165) is 30.9 Å². The Morgan fingerprint density at radius 1 is 1.30 bits per heavy atom. The fourth-order valence-corrected chi connectivity index (χ4v) is 1.98. The van der Waals surface area contributed by atoms with Crippen LogP contribution in [-0.4, -0.2) is 41.9 Å². The molecule has 0 atom stereocenters. The summed E-state index contributed by atoms with van der Waals surface area (Å²) in [5.74, 6) is 0.813. The number of carbonyl (C=O) groups is 1. The Kier molecular flexibility index (Phi) is 5.85. The summed E-state index contributed by atoms with van der Waals surface area (Å²) >= 11 is 0. The third-order valence-electron chi connectivity index (χ3n) is 3.35. The molecule has 0 aliphatic heterocycles. The van der Waals surface area contributed by atoms with Crippen molar-refractivity contribution in [3.05, 3.63) is 36.0 Å². The van der Waals surface area contributed by atoms with Gasteiger partial charge in [0.1, 0.15) is 0 Å². The Labute approximate surface area is 135 Å². The van der Waals surface area contributed by atoms with Crippen molar-refractivity contribution in [2.75, 3.05) is 30.9 Å². The van der Waals surface area contributed by atoms with Crippen molar-refractivity contribution in [3.8, 4) is 0 Å². The van der Waals surface area contributed by atoms with Gasteiger partial charge in [-0.25, -0.2) is 4.79 Å². The maximum Gasteiger partial charge on any atom is 0.337 e. The SMILES string of the molecule is CCCCN(C)c1cnnc(Nc2ccc(C(=O)OC)cc2)n1. The molecule has 0 aliphatic rings. The minimum atomic E-state index is -0.367. The molecule has 0 fully saturated rings. The third kappa shape index (κ3) is 4.64. The van der Waals surface area contributed by atoms with Crippen molar-refractivity contribution in [2.24, 2.45) is 0 Å². The van der Waals surface area contributed by atoms with Gasteiger partial charge in [0.25, 0.3) is 0 Å². The van der Waals surface area contributed by atoms with Crippen LogP contribution in [0.2, 0.25) is 0 Å². The smallest absolute Gasteiger partial charge is 0.337 e. The maximum atomic E-state index is 11.4. The zero-order chi connectivity index (χ0) is 16.7. The van der Waals surface area contributed by atoms with Crippen LogP contribution in [0.5, 0.6) is 0 Å². The molecular weight excluding hydrogens is 294 g/mol. The van der Waals surface area contributed by atoms with Crippen molar-refractivity contribution >= 4 is 23.4 Å². The summed E-state index contributed by atoms with van der Waals surface area (Å²) in [5.41, 5.74) is 1.26. The van der Waals surface area contributed by atoms with E-state index in [4.69, 9.17) is 0 Å². The van der Waals surface area contributed by atoms with Crippen LogP contribution in [0.1, 0.15) is 30.1 Å². The van der Waals surface area contributed by atoms with Gasteiger partial charge in [0.15, 0.2) is 5.82 Å². The van der Waals surface area contributed by atoms with E-state index in [-0.39, 0.29) is 5.97 Å². The van der Waals surface area contributed by atoms with Crippen LogP contribution in [-0.2, 0) is 4.74 Å². The van der Waals surface area contributed by atoms with E-state index in [1.165, 1.54) is 7.11 Å². The van der Waals surface area contributed by atoms with Crippen LogP contribution in [0.15, 0.2) is 30.5 Å². The lowest BCUT2D eigenvalue weighted by atomic mass is 10.2. The summed E-state index contributed by atoms with van der Waals surface area (Å²) in [6, 6.07) is 6.89. The Morgan fingerprint density at radius 3 is 2.70 bits per heavy atom. The molecule has 0 aliphatic carbocycles. The summed E-state index contributed by atoms with van der Waals surface area (Å²) in [7, 11) is 3.34. The molecule has 0 saturated carbocycles. The lowest BCUT2D eigenvalue weighted by Gasteiger charge is -2.17. The molecule has 0 saturated heterocycles. The van der Waals surface area contributed by atoms with E-state index >= 15 is 0 Å². The van der Waals surface area contributed by atoms with Crippen LogP contribution in [0, 0.1) is 0 Å². The number of methoxy groups -OCH3 is 1. The first-order chi connectivity index (χ1) is 11.1. The second-order valence-corrected chi connectivity index (χ2v) is 5.11. The van der Waals surface area contributed by atoms with Gasteiger partial charge in [-0.2, -0.15) is 10.1 Å². The number of nitrogens with zero attached hydrogens (tertiary/aromatic N) is 4. The highest BCUT2D eigenvalue weighted by molar-refractivity contribution is 5.89. The standard InChI is InChI=1S/C16H21N5O2/c1-4-5-10-21(2)14-11-17-20-16(19-14)18-13-8-6-12(7-9-13)15(22)23-3/h6-9,11H,4-5,10H2,1-3H3,(H,18,19,20). The first-order valence-corrected chi connectivity index (χ1v) is 7.50. The van der Waals surface area contributed by atoms with E-state index in [1.807, 2.05) is 11.9 Å². The van der Waals surface area contributed by atoms with Crippen LogP contribution in [0.4, 0.5) is 17.5 Å². The Balaban J connectivity index is 2.06. The summed E-state index contributed by atoms with van der Waals surface area (Å²) in [4.78, 5) is 17.9. The molecule has 2 rings (SSSR count). The van der Waals surface area contributed by atoms with E-state index in [2.05, 4.69) is 32.2 Å². The van der Waals surface area contributed by atoms with Gasteiger partial charge in [0.2, 0.25) is 5.95 Å². The number of aromatic nitrogens is 3. The maximum absolute atomic E-state index is 11.4. The molecule has 7 heteroatoms. The number of esters is 1. The number of unbranched alkanes of at least 4 members (excludes halogenated alkanes) is 1. The number of rotatable bonds is 7. The van der Waals surface area contributed by atoms with E-state index in [0.29, 0.717) is 11.5 Å². The number of ether oxygens (including phenoxy) is 1. The normalized spacial score (nSPS) is 10.2. The average Bonchev–Trinajstić information content (AvgIpc) is 2.60. The quantitative estimate of drug-likeness (QED) is 0.787. The van der Waals surface area contributed by atoms with Crippen LogP contribution >= 0.6 is 0 Å². The predicted molar refractivity (Wildman–Crippen MR) is 89.1 cm³/mol. The van der Waals surface area contributed by atoms with Gasteiger partial charge in [-0.15, -0.1) is 5.10 Å². The first-order valence-electron chi connectivity index (χ1n) is 7.50. The van der Waals surface area contributed by atoms with Crippen LogP contribution in [0.3, 0.4) is 0 Å². The molecule has 0 amide bonds. The van der Waals surface area contributed by atoms with E-state index < -0.39 is 0 Å². The molecule has 122 valence electrons. The number of nitrogens with one attached hydrogen (secondary N) is 1. The third-order valence-corrected chi connectivity index (χ3v) is 3.35. The van der Waals surface area contributed by atoms with Gasteiger partial charge in [-0.3, -0.25) is 0 Å². The van der Waals surface area contributed by atoms with Crippen LogP contribution < -0.4 is 10.2 Å². The minimum Gasteiger partial charge on any atom is -0.465 e. The van der Waals surface area contributed by atoms with Gasteiger partial charge >= 0.3 is 5.97 Å². The molecule has 1 aromatic carbocycles. The topological polar surface area (TPSA) is 80.2 Å². The summed E-state index contributed by atoms with van der Waals surface area (Å²) in [5, 5.41) is 11.0. The Bertz CT molecular complexity index is 645. The molecule has 1 heterocycles. The van der Waals surface area contributed by atoms with Gasteiger partial charge < -0.3 is 15.0 Å². The van der Waals surface area contributed by atoms with E-state index in [1.54, 1.807) is 30.5 Å². The van der Waals surface area contributed by atoms with Crippen LogP contribution in [0.25, 0.3) is 0 Å². The van der Waals surface area contributed by atoms with Gasteiger partial charge in [0.05, 0.1) is 18.9 Å². The largest absolute Gasteiger partial charge is 0.465 e. The minimum absolute atomic E-state index is 0.367. The highest BCUT2D eigenvalue weighted by Crippen LogP contribution is 2.16. The molecule has 2 aromatic rings. The molecule has 1 aromatic heterocycles. The average molecular weight is 315 g/mol.